The molecule has 2 aromatic carbocycles. The van der Waals surface area contributed by atoms with Gasteiger partial charge in [-0.25, -0.2) is 0 Å². The molecule has 0 unspecified atom stereocenters. The van der Waals surface area contributed by atoms with Crippen LogP contribution in [0.1, 0.15) is 42.6 Å². The number of ether oxygens (including phenoxy) is 1. The quantitative estimate of drug-likeness (QED) is 0.756. The van der Waals surface area contributed by atoms with Gasteiger partial charge in [-0.1, -0.05) is 49.4 Å². The van der Waals surface area contributed by atoms with E-state index in [1.165, 1.54) is 0 Å². The summed E-state index contributed by atoms with van der Waals surface area (Å²) >= 11 is 0. The van der Waals surface area contributed by atoms with E-state index in [-0.39, 0.29) is 42.4 Å². The summed E-state index contributed by atoms with van der Waals surface area (Å²) in [4.78, 5) is 29.9. The largest absolute Gasteiger partial charge is 0.394 e. The Kier molecular flexibility index (Phi) is 7.15. The van der Waals surface area contributed by atoms with E-state index < -0.39 is 0 Å². The van der Waals surface area contributed by atoms with Gasteiger partial charge in [0.2, 0.25) is 5.91 Å². The molecule has 1 fully saturated rings. The zero-order valence-electron chi connectivity index (χ0n) is 19.7. The fourth-order valence-corrected chi connectivity index (χ4v) is 4.55. The molecule has 2 aromatic rings. The van der Waals surface area contributed by atoms with Crippen LogP contribution >= 0.6 is 0 Å². The highest BCUT2D eigenvalue weighted by Crippen LogP contribution is 2.33. The van der Waals surface area contributed by atoms with E-state index in [0.29, 0.717) is 25.3 Å². The van der Waals surface area contributed by atoms with E-state index >= 15 is 0 Å². The molecule has 0 aromatic heterocycles. The molecule has 2 amide bonds. The molecule has 0 bridgehead atoms. The molecule has 1 aliphatic heterocycles. The summed E-state index contributed by atoms with van der Waals surface area (Å²) < 4.78 is 6.45. The monoisotopic (exact) mass is 450 g/mol. The first-order valence-corrected chi connectivity index (χ1v) is 11.9. The summed E-state index contributed by atoms with van der Waals surface area (Å²) in [6.45, 7) is 5.10. The van der Waals surface area contributed by atoms with Crippen molar-refractivity contribution >= 4 is 11.8 Å². The number of fused-ring (bicyclic) bond motifs is 3. The molecule has 176 valence electrons. The molecule has 4 rings (SSSR count). The number of hydrogen-bond donors (Lipinski definition) is 1. The number of carbonyl (C=O) groups excluding carboxylic acids is 2. The Hall–Kier alpha value is -2.70. The van der Waals surface area contributed by atoms with Crippen molar-refractivity contribution in [1.29, 1.82) is 0 Å². The van der Waals surface area contributed by atoms with Gasteiger partial charge in [-0.15, -0.1) is 0 Å². The number of aliphatic hydroxyl groups is 1. The van der Waals surface area contributed by atoms with Crippen molar-refractivity contribution < 1.29 is 19.4 Å². The molecule has 1 aliphatic carbocycles. The van der Waals surface area contributed by atoms with Crippen LogP contribution in [0.3, 0.4) is 0 Å². The van der Waals surface area contributed by atoms with Gasteiger partial charge in [-0.2, -0.15) is 0 Å². The maximum atomic E-state index is 13.8. The Labute approximate surface area is 196 Å². The van der Waals surface area contributed by atoms with E-state index in [2.05, 4.69) is 6.92 Å². The van der Waals surface area contributed by atoms with Crippen molar-refractivity contribution in [1.82, 2.24) is 9.80 Å². The molecule has 1 heterocycles. The summed E-state index contributed by atoms with van der Waals surface area (Å²) in [5.41, 5.74) is 3.46. The molecule has 33 heavy (non-hydrogen) atoms. The van der Waals surface area contributed by atoms with Crippen molar-refractivity contribution in [3.63, 3.8) is 0 Å². The molecule has 0 radical (unpaired) electrons. The predicted molar refractivity (Wildman–Crippen MR) is 128 cm³/mol. The minimum atomic E-state index is -0.338. The first kappa shape index (κ1) is 23.5. The van der Waals surface area contributed by atoms with E-state index in [1.54, 1.807) is 9.80 Å². The fourth-order valence-electron chi connectivity index (χ4n) is 4.55. The van der Waals surface area contributed by atoms with E-state index in [9.17, 15) is 14.7 Å². The van der Waals surface area contributed by atoms with Gasteiger partial charge in [0.25, 0.3) is 5.91 Å². The second kappa shape index (κ2) is 10.1. The van der Waals surface area contributed by atoms with Crippen LogP contribution in [0.15, 0.2) is 48.5 Å². The number of aliphatic hydroxyl groups excluding tert-OH is 1. The number of rotatable bonds is 5. The first-order valence-electron chi connectivity index (χ1n) is 11.9. The second-order valence-corrected chi connectivity index (χ2v) is 9.51. The minimum absolute atomic E-state index is 0.0326. The summed E-state index contributed by atoms with van der Waals surface area (Å²) in [6, 6.07) is 15.3. The van der Waals surface area contributed by atoms with Crippen molar-refractivity contribution in [3.8, 4) is 11.1 Å². The van der Waals surface area contributed by atoms with Gasteiger partial charge in [0, 0.05) is 37.5 Å². The summed E-state index contributed by atoms with van der Waals surface area (Å²) in [6.07, 6.45) is 1.69. The zero-order chi connectivity index (χ0) is 23.5. The molecule has 3 atom stereocenters. The minimum Gasteiger partial charge on any atom is -0.394 e. The van der Waals surface area contributed by atoms with Crippen molar-refractivity contribution in [3.05, 3.63) is 59.7 Å². The SMILES string of the molecule is C[C@@H]1CN([C@H](C)CO)C(=O)c2ccccc2-c2ccccc2CO[C@H]1CN(C)C(=O)C1CC1. The Morgan fingerprint density at radius 2 is 1.76 bits per heavy atom. The summed E-state index contributed by atoms with van der Waals surface area (Å²) in [5.74, 6) is 0.187. The van der Waals surface area contributed by atoms with Crippen LogP contribution in [-0.2, 0) is 16.1 Å². The van der Waals surface area contributed by atoms with Crippen LogP contribution in [0.4, 0.5) is 0 Å². The highest BCUT2D eigenvalue weighted by molar-refractivity contribution is 6.01. The highest BCUT2D eigenvalue weighted by atomic mass is 16.5. The van der Waals surface area contributed by atoms with Gasteiger partial charge < -0.3 is 19.6 Å². The van der Waals surface area contributed by atoms with E-state index in [1.807, 2.05) is 62.5 Å². The second-order valence-electron chi connectivity index (χ2n) is 9.51. The van der Waals surface area contributed by atoms with Gasteiger partial charge in [0.1, 0.15) is 0 Å². The number of amides is 2. The van der Waals surface area contributed by atoms with Crippen LogP contribution in [-0.4, -0.2) is 65.6 Å². The number of likely N-dealkylation sites (N-methyl/N-ethyl adjacent to an activating group) is 1. The molecule has 0 saturated heterocycles. The number of nitrogens with zero attached hydrogens (tertiary/aromatic N) is 2. The molecule has 1 N–H and O–H groups in total. The molecule has 6 nitrogen and oxygen atoms in total. The van der Waals surface area contributed by atoms with Gasteiger partial charge in [0.05, 0.1) is 25.4 Å². The first-order chi connectivity index (χ1) is 15.9. The third kappa shape index (κ3) is 5.12. The van der Waals surface area contributed by atoms with Crippen LogP contribution in [0.2, 0.25) is 0 Å². The predicted octanol–water partition coefficient (Wildman–Crippen LogP) is 3.58. The van der Waals surface area contributed by atoms with Crippen molar-refractivity contribution in [2.45, 2.75) is 45.4 Å². The van der Waals surface area contributed by atoms with Crippen molar-refractivity contribution in [2.75, 3.05) is 26.7 Å². The molecule has 1 saturated carbocycles. The average Bonchev–Trinajstić information content (AvgIpc) is 3.68. The molecule has 0 spiro atoms. The van der Waals surface area contributed by atoms with Gasteiger partial charge in [-0.05, 0) is 42.5 Å². The Morgan fingerprint density at radius 3 is 2.42 bits per heavy atom. The van der Waals surface area contributed by atoms with Crippen LogP contribution < -0.4 is 0 Å². The van der Waals surface area contributed by atoms with Crippen LogP contribution in [0.5, 0.6) is 0 Å². The normalized spacial score (nSPS) is 22.1. The van der Waals surface area contributed by atoms with E-state index in [0.717, 1.165) is 29.5 Å². The summed E-state index contributed by atoms with van der Waals surface area (Å²) in [5, 5.41) is 9.91. The Balaban J connectivity index is 1.73. The zero-order valence-corrected chi connectivity index (χ0v) is 19.7. The van der Waals surface area contributed by atoms with Gasteiger partial charge >= 0.3 is 0 Å². The average molecular weight is 451 g/mol. The third-order valence-electron chi connectivity index (χ3n) is 6.85. The Bertz CT molecular complexity index is 1000. The van der Waals surface area contributed by atoms with Gasteiger partial charge in [0.15, 0.2) is 0 Å². The number of hydrogen-bond acceptors (Lipinski definition) is 4. The lowest BCUT2D eigenvalue weighted by molar-refractivity contribution is -0.134. The lowest BCUT2D eigenvalue weighted by Gasteiger charge is -2.35. The smallest absolute Gasteiger partial charge is 0.254 e. The lowest BCUT2D eigenvalue weighted by atomic mass is 9.94. The lowest BCUT2D eigenvalue weighted by Crippen LogP contribution is -2.47. The maximum Gasteiger partial charge on any atom is 0.254 e. The third-order valence-corrected chi connectivity index (χ3v) is 6.85. The van der Waals surface area contributed by atoms with Crippen LogP contribution in [0.25, 0.3) is 11.1 Å². The topological polar surface area (TPSA) is 70.1 Å². The molecular formula is C27H34N2O4. The maximum absolute atomic E-state index is 13.8. The van der Waals surface area contributed by atoms with Crippen molar-refractivity contribution in [2.24, 2.45) is 11.8 Å². The standard InChI is InChI=1S/C27H34N2O4/c1-18-14-29(19(2)16-30)27(32)24-11-7-6-10-23(24)22-9-5-4-8-21(22)17-33-25(18)15-28(3)26(31)20-12-13-20/h4-11,18-20,25,30H,12-17H2,1-3H3/t18-,19-,25+/m1/s1. The summed E-state index contributed by atoms with van der Waals surface area (Å²) in [7, 11) is 1.84. The fraction of sp³-hybridized carbons (Fsp3) is 0.481. The Morgan fingerprint density at radius 1 is 1.12 bits per heavy atom. The van der Waals surface area contributed by atoms with Crippen LogP contribution in [0, 0.1) is 11.8 Å². The molecular weight excluding hydrogens is 416 g/mol. The highest BCUT2D eigenvalue weighted by Gasteiger charge is 2.35. The molecule has 6 heteroatoms. The number of carbonyl (C=O) groups is 2. The number of benzene rings is 2. The molecule has 2 aliphatic rings. The van der Waals surface area contributed by atoms with E-state index in [4.69, 9.17) is 4.74 Å². The van der Waals surface area contributed by atoms with Gasteiger partial charge in [-0.3, -0.25) is 9.59 Å².